The molecule has 1 aromatic carbocycles. The molecule has 0 spiro atoms. The van der Waals surface area contributed by atoms with E-state index >= 15 is 0 Å². The molecule has 4 aromatic rings. The van der Waals surface area contributed by atoms with E-state index in [1.807, 2.05) is 6.92 Å². The average Bonchev–Trinajstić information content (AvgIpc) is 3.42. The van der Waals surface area contributed by atoms with Crippen LogP contribution in [-0.4, -0.2) is 49.4 Å². The van der Waals surface area contributed by atoms with Crippen molar-refractivity contribution in [3.8, 4) is 11.4 Å². The Balaban J connectivity index is 1.53. The van der Waals surface area contributed by atoms with Crippen molar-refractivity contribution in [3.63, 3.8) is 0 Å². The lowest BCUT2D eigenvalue weighted by molar-refractivity contribution is 0.172. The fraction of sp³-hybridized carbons (Fsp3) is 0.286. The van der Waals surface area contributed by atoms with E-state index in [1.165, 1.54) is 12.4 Å². The smallest absolute Gasteiger partial charge is 0.322 e. The van der Waals surface area contributed by atoms with E-state index in [9.17, 15) is 8.94 Å². The Bertz CT molecular complexity index is 1170. The Morgan fingerprint density at radius 2 is 2.13 bits per heavy atom. The molecule has 0 aliphatic heterocycles. The summed E-state index contributed by atoms with van der Waals surface area (Å²) < 4.78 is 39.8. The zero-order valence-corrected chi connectivity index (χ0v) is 18.0. The number of hydrogen-bond donors (Lipinski definition) is 1. The van der Waals surface area contributed by atoms with Gasteiger partial charge in [-0.15, -0.1) is 0 Å². The lowest BCUT2D eigenvalue weighted by Crippen LogP contribution is -2.10. The van der Waals surface area contributed by atoms with Gasteiger partial charge in [-0.05, 0) is 19.1 Å². The summed E-state index contributed by atoms with van der Waals surface area (Å²) in [4.78, 5) is 15.7. The maximum absolute atomic E-state index is 14.5. The predicted octanol–water partition coefficient (Wildman–Crippen LogP) is 3.31. The molecule has 0 bridgehead atoms. The van der Waals surface area contributed by atoms with Gasteiger partial charge in [0, 0.05) is 61.5 Å². The number of ether oxygens (including phenoxy) is 2. The monoisotopic (exact) mass is 443 g/mol. The molecule has 3 heterocycles. The Morgan fingerprint density at radius 3 is 2.90 bits per heavy atom. The number of hydrogen-bond acceptors (Lipinski definition) is 6. The highest BCUT2D eigenvalue weighted by atomic mass is 32.2. The molecular formula is C21H22FN5O3S. The molecule has 8 nitrogen and oxygen atoms in total. The van der Waals surface area contributed by atoms with E-state index < -0.39 is 17.0 Å². The largest absolute Gasteiger partial charge is 0.609 e. The molecule has 0 aliphatic rings. The van der Waals surface area contributed by atoms with Gasteiger partial charge in [0.2, 0.25) is 0 Å². The Morgan fingerprint density at radius 1 is 1.26 bits per heavy atom. The molecule has 4 rings (SSSR count). The van der Waals surface area contributed by atoms with Crippen LogP contribution in [0.3, 0.4) is 0 Å². The zero-order valence-electron chi connectivity index (χ0n) is 17.2. The number of benzene rings is 1. The van der Waals surface area contributed by atoms with Crippen LogP contribution in [0.2, 0.25) is 0 Å². The second-order valence-electron chi connectivity index (χ2n) is 6.90. The van der Waals surface area contributed by atoms with Crippen molar-refractivity contribution in [2.75, 3.05) is 20.3 Å². The van der Waals surface area contributed by atoms with Gasteiger partial charge in [0.15, 0.2) is 5.75 Å². The second-order valence-corrected chi connectivity index (χ2v) is 8.26. The van der Waals surface area contributed by atoms with E-state index in [0.717, 1.165) is 12.0 Å². The van der Waals surface area contributed by atoms with E-state index in [0.29, 0.717) is 41.4 Å². The molecule has 10 heteroatoms. The molecule has 1 N–H and O–H groups in total. The van der Waals surface area contributed by atoms with Crippen LogP contribution >= 0.6 is 0 Å². The Hall–Kier alpha value is -2.95. The number of aromatic amines is 1. The summed E-state index contributed by atoms with van der Waals surface area (Å²) in [6, 6.07) is 4.73. The molecule has 0 saturated carbocycles. The summed E-state index contributed by atoms with van der Waals surface area (Å²) in [6.45, 7) is 3.03. The zero-order chi connectivity index (χ0) is 21.8. The number of pyridine rings is 1. The molecule has 0 amide bonds. The van der Waals surface area contributed by atoms with E-state index in [4.69, 9.17) is 9.47 Å². The normalized spacial score (nSPS) is 12.4. The first-order valence-electron chi connectivity index (χ1n) is 9.69. The first-order valence-corrected chi connectivity index (χ1v) is 11.0. The summed E-state index contributed by atoms with van der Waals surface area (Å²) >= 11 is -1.49. The molecular weight excluding hydrogens is 421 g/mol. The molecule has 31 heavy (non-hydrogen) atoms. The van der Waals surface area contributed by atoms with E-state index in [1.54, 1.807) is 42.4 Å². The minimum atomic E-state index is -1.49. The topological polar surface area (TPSA) is 101 Å². The van der Waals surface area contributed by atoms with Gasteiger partial charge in [-0.25, -0.2) is 9.37 Å². The molecule has 0 fully saturated rings. The third-order valence-corrected chi connectivity index (χ3v) is 5.96. The Labute approximate surface area is 181 Å². The fourth-order valence-electron chi connectivity index (χ4n) is 3.14. The molecule has 3 aromatic heterocycles. The van der Waals surface area contributed by atoms with E-state index in [-0.39, 0.29) is 10.9 Å². The van der Waals surface area contributed by atoms with Gasteiger partial charge < -0.3 is 18.6 Å². The number of H-pyrrole nitrogens is 1. The number of nitrogens with one attached hydrogen (secondary N) is 1. The van der Waals surface area contributed by atoms with Gasteiger partial charge in [0.05, 0.1) is 35.3 Å². The second kappa shape index (κ2) is 9.46. The van der Waals surface area contributed by atoms with Gasteiger partial charge in [-0.1, -0.05) is 0 Å². The number of nitrogens with zero attached hydrogens (tertiary/aromatic N) is 4. The lowest BCUT2D eigenvalue weighted by atomic mass is 10.2. The van der Waals surface area contributed by atoms with Crippen molar-refractivity contribution in [2.24, 2.45) is 0 Å². The quantitative estimate of drug-likeness (QED) is 0.315. The lowest BCUT2D eigenvalue weighted by Gasteiger charge is -2.12. The number of rotatable bonds is 9. The van der Waals surface area contributed by atoms with Crippen LogP contribution in [0.25, 0.3) is 16.7 Å². The summed E-state index contributed by atoms with van der Waals surface area (Å²) in [5.41, 5.74) is 2.81. The third kappa shape index (κ3) is 4.71. The molecule has 0 aliphatic carbocycles. The van der Waals surface area contributed by atoms with Crippen LogP contribution in [-0.2, 0) is 21.7 Å². The number of methoxy groups -OCH3 is 1. The van der Waals surface area contributed by atoms with Crippen molar-refractivity contribution in [1.82, 2.24) is 24.5 Å². The minimum Gasteiger partial charge on any atom is -0.609 e. The number of imidazole rings is 2. The summed E-state index contributed by atoms with van der Waals surface area (Å²) in [5.74, 6) is 0.440. The van der Waals surface area contributed by atoms with Gasteiger partial charge in [0.1, 0.15) is 11.6 Å². The highest BCUT2D eigenvalue weighted by Crippen LogP contribution is 2.25. The SMILES string of the molecule is COCCCOc1ccnc(C[S+]([O-])c2nc3cc(-n4ccnc4)c(F)cc3[nH]2)c1C. The summed E-state index contributed by atoms with van der Waals surface area (Å²) in [6.07, 6.45) is 7.13. The maximum atomic E-state index is 14.5. The highest BCUT2D eigenvalue weighted by molar-refractivity contribution is 7.90. The molecule has 162 valence electrons. The molecule has 1 unspecified atom stereocenters. The van der Waals surface area contributed by atoms with Crippen LogP contribution in [0.4, 0.5) is 4.39 Å². The first-order chi connectivity index (χ1) is 15.1. The van der Waals surface area contributed by atoms with Crippen LogP contribution in [0, 0.1) is 12.7 Å². The van der Waals surface area contributed by atoms with E-state index in [2.05, 4.69) is 19.9 Å². The Kier molecular flexibility index (Phi) is 6.50. The maximum Gasteiger partial charge on any atom is 0.322 e. The van der Waals surface area contributed by atoms with Gasteiger partial charge in [-0.2, -0.15) is 4.98 Å². The predicted molar refractivity (Wildman–Crippen MR) is 114 cm³/mol. The van der Waals surface area contributed by atoms with Gasteiger partial charge in [-0.3, -0.25) is 9.97 Å². The minimum absolute atomic E-state index is 0.164. The standard InChI is InChI=1S/C21H22FN5O3S/c1-14-18(24-5-4-20(14)30-9-3-8-29-2)12-31(28)21-25-16-10-15(22)19(11-17(16)26-21)27-7-6-23-13-27/h4-7,10-11,13H,3,8-9,12H2,1-2H3,(H,25,26). The van der Waals surface area contributed by atoms with Gasteiger partial charge >= 0.3 is 5.16 Å². The molecule has 0 radical (unpaired) electrons. The summed E-state index contributed by atoms with van der Waals surface area (Å²) in [5, 5.41) is 0.268. The first kappa shape index (κ1) is 21.3. The number of aromatic nitrogens is 5. The van der Waals surface area contributed by atoms with Crippen molar-refractivity contribution >= 4 is 22.2 Å². The average molecular weight is 444 g/mol. The number of halogens is 1. The van der Waals surface area contributed by atoms with Crippen LogP contribution in [0.1, 0.15) is 17.7 Å². The molecule has 1 atom stereocenters. The van der Waals surface area contributed by atoms with Crippen molar-refractivity contribution in [2.45, 2.75) is 24.3 Å². The van der Waals surface area contributed by atoms with Crippen LogP contribution < -0.4 is 4.74 Å². The van der Waals surface area contributed by atoms with Crippen LogP contribution in [0.15, 0.2) is 48.3 Å². The molecule has 0 saturated heterocycles. The van der Waals surface area contributed by atoms with Crippen molar-refractivity contribution in [1.29, 1.82) is 0 Å². The fourth-order valence-corrected chi connectivity index (χ4v) is 4.24. The summed E-state index contributed by atoms with van der Waals surface area (Å²) in [7, 11) is 1.65. The number of fused-ring (bicyclic) bond motifs is 1. The van der Waals surface area contributed by atoms with Crippen molar-refractivity contribution < 1.29 is 18.4 Å². The van der Waals surface area contributed by atoms with Crippen LogP contribution in [0.5, 0.6) is 5.75 Å². The highest BCUT2D eigenvalue weighted by Gasteiger charge is 2.21. The van der Waals surface area contributed by atoms with Crippen molar-refractivity contribution in [3.05, 3.63) is 60.2 Å². The van der Waals surface area contributed by atoms with Gasteiger partial charge in [0.25, 0.3) is 0 Å². The third-order valence-electron chi connectivity index (χ3n) is 4.80.